The summed E-state index contributed by atoms with van der Waals surface area (Å²) in [4.78, 5) is 14.4. The van der Waals surface area contributed by atoms with Crippen molar-refractivity contribution in [3.8, 4) is 0 Å². The van der Waals surface area contributed by atoms with Crippen molar-refractivity contribution in [2.24, 2.45) is 0 Å². The minimum Gasteiger partial charge on any atom is -0.378 e. The Morgan fingerprint density at radius 1 is 1.24 bits per heavy atom. The molecule has 3 rings (SSSR count). The summed E-state index contributed by atoms with van der Waals surface area (Å²) < 4.78 is 10.8. The maximum absolute atomic E-state index is 12.0. The van der Waals surface area contributed by atoms with E-state index >= 15 is 0 Å². The Morgan fingerprint density at radius 2 is 2.05 bits per heavy atom. The number of hydrogen-bond acceptors (Lipinski definition) is 4. The van der Waals surface area contributed by atoms with Gasteiger partial charge in [0.1, 0.15) is 6.10 Å². The molecule has 5 heteroatoms. The number of carbonyl (C=O) groups is 1. The van der Waals surface area contributed by atoms with Gasteiger partial charge in [0.15, 0.2) is 0 Å². The van der Waals surface area contributed by atoms with Crippen LogP contribution in [0.25, 0.3) is 0 Å². The molecule has 0 bridgehead atoms. The third-order valence-corrected chi connectivity index (χ3v) is 4.02. The zero-order valence-electron chi connectivity index (χ0n) is 12.2. The van der Waals surface area contributed by atoms with E-state index in [0.717, 1.165) is 44.7 Å². The number of benzene rings is 1. The van der Waals surface area contributed by atoms with Gasteiger partial charge in [0.05, 0.1) is 13.2 Å². The van der Waals surface area contributed by atoms with Crippen LogP contribution in [0.1, 0.15) is 18.4 Å². The van der Waals surface area contributed by atoms with Crippen molar-refractivity contribution in [2.75, 3.05) is 37.8 Å². The Labute approximate surface area is 125 Å². The first kappa shape index (κ1) is 14.4. The zero-order chi connectivity index (χ0) is 14.5. The lowest BCUT2D eigenvalue weighted by molar-refractivity contribution is -0.130. The first-order valence-corrected chi connectivity index (χ1v) is 7.64. The first-order chi connectivity index (χ1) is 10.3. The highest BCUT2D eigenvalue weighted by Crippen LogP contribution is 2.21. The number of anilines is 1. The van der Waals surface area contributed by atoms with Crippen molar-refractivity contribution in [2.45, 2.75) is 25.5 Å². The van der Waals surface area contributed by atoms with Crippen molar-refractivity contribution >= 4 is 11.6 Å². The average Bonchev–Trinajstić information content (AvgIpc) is 3.08. The van der Waals surface area contributed by atoms with E-state index in [1.807, 2.05) is 12.1 Å². The second-order valence-electron chi connectivity index (χ2n) is 5.45. The summed E-state index contributed by atoms with van der Waals surface area (Å²) in [7, 11) is 0. The molecule has 0 aromatic heterocycles. The Kier molecular flexibility index (Phi) is 4.72. The fourth-order valence-electron chi connectivity index (χ4n) is 2.85. The van der Waals surface area contributed by atoms with Crippen molar-refractivity contribution in [3.63, 3.8) is 0 Å². The lowest BCUT2D eigenvalue weighted by Gasteiger charge is -2.30. The summed E-state index contributed by atoms with van der Waals surface area (Å²) in [5.41, 5.74) is 2.33. The van der Waals surface area contributed by atoms with Gasteiger partial charge in [-0.2, -0.15) is 0 Å². The largest absolute Gasteiger partial charge is 0.378 e. The minimum atomic E-state index is -0.263. The number of carbonyl (C=O) groups excluding carboxylic acids is 1. The molecular formula is C16H22N2O3. The summed E-state index contributed by atoms with van der Waals surface area (Å²) in [6.07, 6.45) is 1.54. The molecular weight excluding hydrogens is 268 g/mol. The van der Waals surface area contributed by atoms with Gasteiger partial charge in [0.25, 0.3) is 0 Å². The molecule has 2 fully saturated rings. The van der Waals surface area contributed by atoms with Gasteiger partial charge >= 0.3 is 0 Å². The number of morpholine rings is 1. The minimum absolute atomic E-state index is 0.00396. The topological polar surface area (TPSA) is 50.8 Å². The predicted molar refractivity (Wildman–Crippen MR) is 80.3 cm³/mol. The Bertz CT molecular complexity index is 480. The molecule has 0 aliphatic carbocycles. The molecule has 1 aromatic carbocycles. The van der Waals surface area contributed by atoms with Gasteiger partial charge < -0.3 is 19.7 Å². The van der Waals surface area contributed by atoms with Crippen LogP contribution in [-0.2, 0) is 20.8 Å². The maximum Gasteiger partial charge on any atom is 0.249 e. The SMILES string of the molecule is O=C(NCc1ccccc1N1CCOCC1)C1CCCO1. The van der Waals surface area contributed by atoms with Crippen LogP contribution in [0, 0.1) is 0 Å². The molecule has 21 heavy (non-hydrogen) atoms. The number of nitrogens with one attached hydrogen (secondary N) is 1. The normalized spacial score (nSPS) is 22.3. The standard InChI is InChI=1S/C16H22N2O3/c19-16(15-6-3-9-21-15)17-12-13-4-1-2-5-14(13)18-7-10-20-11-8-18/h1-2,4-5,15H,3,6-12H2,(H,17,19). The molecule has 2 heterocycles. The van der Waals surface area contributed by atoms with Gasteiger partial charge in [0, 0.05) is 31.9 Å². The van der Waals surface area contributed by atoms with E-state index in [4.69, 9.17) is 9.47 Å². The summed E-state index contributed by atoms with van der Waals surface area (Å²) in [6, 6.07) is 8.23. The highest BCUT2D eigenvalue weighted by molar-refractivity contribution is 5.81. The third kappa shape index (κ3) is 3.54. The highest BCUT2D eigenvalue weighted by atomic mass is 16.5. The van der Waals surface area contributed by atoms with E-state index in [2.05, 4.69) is 22.3 Å². The first-order valence-electron chi connectivity index (χ1n) is 7.64. The van der Waals surface area contributed by atoms with E-state index in [9.17, 15) is 4.79 Å². The lowest BCUT2D eigenvalue weighted by Crippen LogP contribution is -2.38. The molecule has 0 radical (unpaired) electrons. The number of nitrogens with zero attached hydrogens (tertiary/aromatic N) is 1. The van der Waals surface area contributed by atoms with Gasteiger partial charge in [0.2, 0.25) is 5.91 Å². The van der Waals surface area contributed by atoms with Crippen LogP contribution in [-0.4, -0.2) is 44.9 Å². The highest BCUT2D eigenvalue weighted by Gasteiger charge is 2.23. The van der Waals surface area contributed by atoms with E-state index in [1.165, 1.54) is 5.69 Å². The molecule has 1 amide bonds. The van der Waals surface area contributed by atoms with E-state index in [-0.39, 0.29) is 12.0 Å². The van der Waals surface area contributed by atoms with Crippen molar-refractivity contribution in [1.82, 2.24) is 5.32 Å². The number of rotatable bonds is 4. The summed E-state index contributed by atoms with van der Waals surface area (Å²) in [6.45, 7) is 4.56. The monoisotopic (exact) mass is 290 g/mol. The summed E-state index contributed by atoms with van der Waals surface area (Å²) in [5, 5.41) is 3.00. The average molecular weight is 290 g/mol. The van der Waals surface area contributed by atoms with Gasteiger partial charge in [-0.15, -0.1) is 0 Å². The second kappa shape index (κ2) is 6.91. The van der Waals surface area contributed by atoms with Crippen molar-refractivity contribution in [3.05, 3.63) is 29.8 Å². The Balaban J connectivity index is 1.63. The lowest BCUT2D eigenvalue weighted by atomic mass is 10.1. The smallest absolute Gasteiger partial charge is 0.249 e. The Morgan fingerprint density at radius 3 is 2.81 bits per heavy atom. The van der Waals surface area contributed by atoms with Crippen molar-refractivity contribution < 1.29 is 14.3 Å². The van der Waals surface area contributed by atoms with E-state index < -0.39 is 0 Å². The van der Waals surface area contributed by atoms with Crippen LogP contribution in [0.3, 0.4) is 0 Å². The third-order valence-electron chi connectivity index (χ3n) is 4.02. The van der Waals surface area contributed by atoms with Crippen LogP contribution in [0.15, 0.2) is 24.3 Å². The molecule has 114 valence electrons. The van der Waals surface area contributed by atoms with Gasteiger partial charge in [-0.1, -0.05) is 18.2 Å². The fourth-order valence-corrected chi connectivity index (χ4v) is 2.85. The van der Waals surface area contributed by atoms with Crippen LogP contribution in [0.4, 0.5) is 5.69 Å². The molecule has 2 aliphatic rings. The van der Waals surface area contributed by atoms with Crippen LogP contribution in [0.2, 0.25) is 0 Å². The van der Waals surface area contributed by atoms with E-state index in [1.54, 1.807) is 0 Å². The number of para-hydroxylation sites is 1. The quantitative estimate of drug-likeness (QED) is 0.908. The molecule has 5 nitrogen and oxygen atoms in total. The number of ether oxygens (including phenoxy) is 2. The molecule has 0 spiro atoms. The van der Waals surface area contributed by atoms with Gasteiger partial charge in [-0.05, 0) is 24.5 Å². The molecule has 2 aliphatic heterocycles. The van der Waals surface area contributed by atoms with Gasteiger partial charge in [-0.25, -0.2) is 0 Å². The summed E-state index contributed by atoms with van der Waals surface area (Å²) >= 11 is 0. The number of amides is 1. The molecule has 1 atom stereocenters. The molecule has 2 saturated heterocycles. The molecule has 1 unspecified atom stereocenters. The maximum atomic E-state index is 12.0. The molecule has 0 saturated carbocycles. The second-order valence-corrected chi connectivity index (χ2v) is 5.45. The van der Waals surface area contributed by atoms with Gasteiger partial charge in [-0.3, -0.25) is 4.79 Å². The number of hydrogen-bond donors (Lipinski definition) is 1. The fraction of sp³-hybridized carbons (Fsp3) is 0.562. The van der Waals surface area contributed by atoms with Crippen molar-refractivity contribution in [1.29, 1.82) is 0 Å². The Hall–Kier alpha value is -1.59. The zero-order valence-corrected chi connectivity index (χ0v) is 12.2. The predicted octanol–water partition coefficient (Wildman–Crippen LogP) is 1.32. The summed E-state index contributed by atoms with van der Waals surface area (Å²) in [5.74, 6) is 0.00396. The van der Waals surface area contributed by atoms with Crippen LogP contribution < -0.4 is 10.2 Å². The molecule has 1 N–H and O–H groups in total. The van der Waals surface area contributed by atoms with Crippen LogP contribution in [0.5, 0.6) is 0 Å². The van der Waals surface area contributed by atoms with E-state index in [0.29, 0.717) is 13.2 Å². The molecule has 1 aromatic rings. The van der Waals surface area contributed by atoms with Crippen LogP contribution >= 0.6 is 0 Å².